The topological polar surface area (TPSA) is 72.4 Å². The van der Waals surface area contributed by atoms with Crippen molar-refractivity contribution in [1.82, 2.24) is 24.7 Å². The highest BCUT2D eigenvalue weighted by Gasteiger charge is 2.27. The van der Waals surface area contributed by atoms with Gasteiger partial charge in [0.1, 0.15) is 5.52 Å². The average molecular weight is 298 g/mol. The number of aryl methyl sites for hydroxylation is 2. The molecule has 1 unspecified atom stereocenters. The van der Waals surface area contributed by atoms with Gasteiger partial charge in [0.25, 0.3) is 0 Å². The van der Waals surface area contributed by atoms with E-state index < -0.39 is 0 Å². The summed E-state index contributed by atoms with van der Waals surface area (Å²) in [5.74, 6) is 2.67. The van der Waals surface area contributed by atoms with Gasteiger partial charge in [-0.2, -0.15) is 10.1 Å². The van der Waals surface area contributed by atoms with Gasteiger partial charge in [0, 0.05) is 25.5 Å². The Labute approximate surface area is 128 Å². The van der Waals surface area contributed by atoms with Gasteiger partial charge in [0.15, 0.2) is 11.6 Å². The molecule has 0 amide bonds. The average Bonchev–Trinajstić information content (AvgIpc) is 3.11. The predicted octanol–water partition coefficient (Wildman–Crippen LogP) is 2.11. The van der Waals surface area contributed by atoms with Gasteiger partial charge in [-0.15, -0.1) is 0 Å². The first-order chi connectivity index (χ1) is 10.7. The van der Waals surface area contributed by atoms with Crippen molar-refractivity contribution < 1.29 is 4.52 Å². The molecule has 7 heteroatoms. The number of anilines is 1. The molecule has 1 fully saturated rings. The largest absolute Gasteiger partial charge is 0.354 e. The Kier molecular flexibility index (Phi) is 3.06. The fourth-order valence-electron chi connectivity index (χ4n) is 3.12. The van der Waals surface area contributed by atoms with E-state index in [4.69, 9.17) is 4.52 Å². The Morgan fingerprint density at radius 3 is 3.05 bits per heavy atom. The van der Waals surface area contributed by atoms with E-state index in [1.165, 1.54) is 0 Å². The van der Waals surface area contributed by atoms with E-state index in [2.05, 4.69) is 31.2 Å². The maximum absolute atomic E-state index is 5.35. The van der Waals surface area contributed by atoms with Crippen LogP contribution < -0.4 is 4.90 Å². The molecule has 114 valence electrons. The molecule has 22 heavy (non-hydrogen) atoms. The van der Waals surface area contributed by atoms with Crippen LogP contribution in [0.15, 0.2) is 23.0 Å². The summed E-state index contributed by atoms with van der Waals surface area (Å²) in [6.07, 6.45) is 5.84. The van der Waals surface area contributed by atoms with Gasteiger partial charge in [0.05, 0.1) is 11.6 Å². The summed E-state index contributed by atoms with van der Waals surface area (Å²) >= 11 is 0. The maximum atomic E-state index is 5.35. The highest BCUT2D eigenvalue weighted by molar-refractivity contribution is 5.69. The van der Waals surface area contributed by atoms with Crippen LogP contribution in [-0.2, 0) is 0 Å². The Balaban J connectivity index is 1.66. The maximum Gasteiger partial charge on any atom is 0.231 e. The summed E-state index contributed by atoms with van der Waals surface area (Å²) in [6, 6.07) is 2.07. The van der Waals surface area contributed by atoms with E-state index in [9.17, 15) is 0 Å². The Bertz CT molecular complexity index is 807. The molecule has 1 aliphatic rings. The first-order valence-corrected chi connectivity index (χ1v) is 7.57. The summed E-state index contributed by atoms with van der Waals surface area (Å²) in [5.41, 5.74) is 2.04. The molecule has 7 nitrogen and oxygen atoms in total. The molecule has 1 atom stereocenters. The minimum absolute atomic E-state index is 0.265. The normalized spacial score (nSPS) is 19.0. The van der Waals surface area contributed by atoms with Crippen molar-refractivity contribution in [2.75, 3.05) is 18.0 Å². The van der Waals surface area contributed by atoms with E-state index in [1.54, 1.807) is 6.20 Å². The van der Waals surface area contributed by atoms with E-state index in [0.717, 1.165) is 48.9 Å². The van der Waals surface area contributed by atoms with Crippen LogP contribution in [0.25, 0.3) is 5.52 Å². The molecule has 0 bridgehead atoms. The van der Waals surface area contributed by atoms with Crippen molar-refractivity contribution >= 4 is 11.3 Å². The van der Waals surface area contributed by atoms with Gasteiger partial charge in [-0.05, 0) is 32.8 Å². The lowest BCUT2D eigenvalue weighted by Crippen LogP contribution is -2.35. The fourth-order valence-corrected chi connectivity index (χ4v) is 3.12. The number of hydrogen-bond acceptors (Lipinski definition) is 6. The van der Waals surface area contributed by atoms with Crippen molar-refractivity contribution in [1.29, 1.82) is 0 Å². The van der Waals surface area contributed by atoms with Gasteiger partial charge in [-0.25, -0.2) is 9.50 Å². The SMILES string of the molecule is Cc1cc2c(N3CCCC(c4nc(C)no4)C3)nccn2n1. The second kappa shape index (κ2) is 5.08. The monoisotopic (exact) mass is 298 g/mol. The molecule has 4 rings (SSSR count). The van der Waals surface area contributed by atoms with Crippen molar-refractivity contribution in [2.45, 2.75) is 32.6 Å². The van der Waals surface area contributed by atoms with Crippen molar-refractivity contribution in [3.8, 4) is 0 Å². The molecule has 4 heterocycles. The third-order valence-corrected chi connectivity index (χ3v) is 4.11. The molecule has 0 aliphatic carbocycles. The second-order valence-electron chi connectivity index (χ2n) is 5.83. The Hall–Kier alpha value is -2.44. The van der Waals surface area contributed by atoms with Gasteiger partial charge in [-0.1, -0.05) is 5.16 Å². The van der Waals surface area contributed by atoms with Gasteiger partial charge < -0.3 is 9.42 Å². The summed E-state index contributed by atoms with van der Waals surface area (Å²) in [7, 11) is 0. The molecule has 0 radical (unpaired) electrons. The number of rotatable bonds is 2. The summed E-state index contributed by atoms with van der Waals surface area (Å²) in [6.45, 7) is 5.68. The van der Waals surface area contributed by atoms with Crippen LogP contribution in [0.2, 0.25) is 0 Å². The highest BCUT2D eigenvalue weighted by atomic mass is 16.5. The van der Waals surface area contributed by atoms with Crippen LogP contribution >= 0.6 is 0 Å². The number of fused-ring (bicyclic) bond motifs is 1. The number of piperidine rings is 1. The van der Waals surface area contributed by atoms with Crippen molar-refractivity contribution in [2.24, 2.45) is 0 Å². The second-order valence-corrected chi connectivity index (χ2v) is 5.83. The van der Waals surface area contributed by atoms with Crippen molar-refractivity contribution in [3.05, 3.63) is 35.9 Å². The molecular weight excluding hydrogens is 280 g/mol. The van der Waals surface area contributed by atoms with Gasteiger partial charge in [0.2, 0.25) is 5.89 Å². The number of hydrogen-bond donors (Lipinski definition) is 0. The summed E-state index contributed by atoms with van der Waals surface area (Å²) in [4.78, 5) is 11.3. The highest BCUT2D eigenvalue weighted by Crippen LogP contribution is 2.30. The van der Waals surface area contributed by atoms with Gasteiger partial charge >= 0.3 is 0 Å². The zero-order valence-electron chi connectivity index (χ0n) is 12.7. The zero-order valence-corrected chi connectivity index (χ0v) is 12.7. The molecule has 0 N–H and O–H groups in total. The lowest BCUT2D eigenvalue weighted by atomic mass is 9.98. The van der Waals surface area contributed by atoms with E-state index in [1.807, 2.05) is 24.6 Å². The fraction of sp³-hybridized carbons (Fsp3) is 0.467. The molecule has 1 aliphatic heterocycles. The van der Waals surface area contributed by atoms with Crippen LogP contribution in [-0.4, -0.2) is 37.8 Å². The molecular formula is C15H18N6O. The summed E-state index contributed by atoms with van der Waals surface area (Å²) < 4.78 is 7.24. The van der Waals surface area contributed by atoms with Gasteiger partial charge in [-0.3, -0.25) is 0 Å². The van der Waals surface area contributed by atoms with Crippen LogP contribution in [0.1, 0.15) is 36.2 Å². The smallest absolute Gasteiger partial charge is 0.231 e. The van der Waals surface area contributed by atoms with Crippen LogP contribution in [0.5, 0.6) is 0 Å². The lowest BCUT2D eigenvalue weighted by molar-refractivity contribution is 0.331. The van der Waals surface area contributed by atoms with Crippen LogP contribution in [0.4, 0.5) is 5.82 Å². The first kappa shape index (κ1) is 13.2. The van der Waals surface area contributed by atoms with E-state index in [-0.39, 0.29) is 5.92 Å². The number of nitrogens with zero attached hydrogens (tertiary/aromatic N) is 6. The van der Waals surface area contributed by atoms with Crippen LogP contribution in [0.3, 0.4) is 0 Å². The van der Waals surface area contributed by atoms with E-state index >= 15 is 0 Å². The van der Waals surface area contributed by atoms with E-state index in [0.29, 0.717) is 5.82 Å². The molecule has 0 spiro atoms. The third-order valence-electron chi connectivity index (χ3n) is 4.11. The molecule has 0 saturated carbocycles. The first-order valence-electron chi connectivity index (χ1n) is 7.57. The molecule has 3 aromatic heterocycles. The molecule has 3 aromatic rings. The Morgan fingerprint density at radius 1 is 1.32 bits per heavy atom. The third kappa shape index (κ3) is 2.22. The van der Waals surface area contributed by atoms with Crippen LogP contribution in [0, 0.1) is 13.8 Å². The minimum Gasteiger partial charge on any atom is -0.354 e. The minimum atomic E-state index is 0.265. The Morgan fingerprint density at radius 2 is 2.23 bits per heavy atom. The molecule has 1 saturated heterocycles. The summed E-state index contributed by atoms with van der Waals surface area (Å²) in [5, 5.41) is 8.37. The predicted molar refractivity (Wildman–Crippen MR) is 80.9 cm³/mol. The molecule has 0 aromatic carbocycles. The standard InChI is InChI=1S/C15H18N6O/c1-10-8-13-14(16-5-7-21(13)18-10)20-6-3-4-12(9-20)15-17-11(2)19-22-15/h5,7-8,12H,3-4,6,9H2,1-2H3. The number of aromatic nitrogens is 5. The zero-order chi connectivity index (χ0) is 15.1. The lowest BCUT2D eigenvalue weighted by Gasteiger charge is -2.32. The quantitative estimate of drug-likeness (QED) is 0.721. The van der Waals surface area contributed by atoms with Crippen molar-refractivity contribution in [3.63, 3.8) is 0 Å².